The Bertz CT molecular complexity index is 470. The minimum absolute atomic E-state index is 0.111. The van der Waals surface area contributed by atoms with Crippen molar-refractivity contribution < 1.29 is 4.79 Å². The lowest BCUT2D eigenvalue weighted by atomic mass is 9.83. The molecular formula is C16H23ClN2O. The summed E-state index contributed by atoms with van der Waals surface area (Å²) in [7, 11) is 0. The fraction of sp³-hybridized carbons (Fsp3) is 0.562. The lowest BCUT2D eigenvalue weighted by Crippen LogP contribution is -2.40. The quantitative estimate of drug-likeness (QED) is 0.824. The number of halogens is 1. The normalized spacial score (nSPS) is 17.7. The molecule has 0 saturated heterocycles. The summed E-state index contributed by atoms with van der Waals surface area (Å²) in [5, 5.41) is 3.60. The number of nitrogens with two attached hydrogens (primary N) is 1. The molecule has 4 heteroatoms. The second-order valence-corrected chi connectivity index (χ2v) is 6.03. The second kappa shape index (κ2) is 6.98. The van der Waals surface area contributed by atoms with Crippen LogP contribution >= 0.6 is 11.6 Å². The number of benzene rings is 1. The van der Waals surface area contributed by atoms with Crippen LogP contribution < -0.4 is 11.1 Å². The zero-order chi connectivity index (χ0) is 14.5. The van der Waals surface area contributed by atoms with E-state index in [4.69, 9.17) is 17.3 Å². The Morgan fingerprint density at radius 2 is 2.10 bits per heavy atom. The molecule has 1 aromatic carbocycles. The van der Waals surface area contributed by atoms with Crippen molar-refractivity contribution >= 4 is 23.2 Å². The standard InChI is InChI=1S/C16H23ClN2O/c1-2-15(11-6-4-3-5-7-11)19-16(20)13-10-12(18)8-9-14(13)17/h8-11,15H,2-7,18H2,1H3,(H,19,20). The third kappa shape index (κ3) is 3.66. The number of hydrogen-bond donors (Lipinski definition) is 2. The van der Waals surface area contributed by atoms with Crippen LogP contribution in [-0.2, 0) is 0 Å². The Morgan fingerprint density at radius 1 is 1.40 bits per heavy atom. The van der Waals surface area contributed by atoms with Gasteiger partial charge in [0.25, 0.3) is 5.91 Å². The van der Waals surface area contributed by atoms with Crippen molar-refractivity contribution in [2.75, 3.05) is 5.73 Å². The molecule has 0 bridgehead atoms. The molecule has 1 aliphatic rings. The van der Waals surface area contributed by atoms with Crippen LogP contribution in [0.3, 0.4) is 0 Å². The molecule has 0 aliphatic heterocycles. The second-order valence-electron chi connectivity index (χ2n) is 5.63. The van der Waals surface area contributed by atoms with Crippen LogP contribution in [0.15, 0.2) is 18.2 Å². The predicted octanol–water partition coefficient (Wildman–Crippen LogP) is 4.01. The molecule has 1 amide bonds. The first-order chi connectivity index (χ1) is 9.61. The first-order valence-corrected chi connectivity index (χ1v) is 7.85. The summed E-state index contributed by atoms with van der Waals surface area (Å²) in [5.41, 5.74) is 6.77. The number of amides is 1. The highest BCUT2D eigenvalue weighted by Gasteiger charge is 2.24. The van der Waals surface area contributed by atoms with Gasteiger partial charge in [0.15, 0.2) is 0 Å². The van der Waals surface area contributed by atoms with Crippen molar-refractivity contribution in [1.82, 2.24) is 5.32 Å². The smallest absolute Gasteiger partial charge is 0.253 e. The molecule has 1 aliphatic carbocycles. The third-order valence-electron chi connectivity index (χ3n) is 4.21. The molecule has 1 atom stereocenters. The minimum Gasteiger partial charge on any atom is -0.399 e. The zero-order valence-corrected chi connectivity index (χ0v) is 12.7. The molecule has 0 aromatic heterocycles. The van der Waals surface area contributed by atoms with Gasteiger partial charge in [-0.1, -0.05) is 37.8 Å². The monoisotopic (exact) mass is 294 g/mol. The summed E-state index contributed by atoms with van der Waals surface area (Å²) in [4.78, 5) is 12.4. The van der Waals surface area contributed by atoms with Crippen LogP contribution in [0.2, 0.25) is 5.02 Å². The topological polar surface area (TPSA) is 55.1 Å². The van der Waals surface area contributed by atoms with Gasteiger partial charge in [-0.3, -0.25) is 4.79 Å². The Balaban J connectivity index is 2.06. The van der Waals surface area contributed by atoms with E-state index in [0.29, 0.717) is 22.2 Å². The van der Waals surface area contributed by atoms with E-state index in [1.165, 1.54) is 32.1 Å². The Kier molecular flexibility index (Phi) is 5.30. The van der Waals surface area contributed by atoms with Gasteiger partial charge in [0.2, 0.25) is 0 Å². The maximum Gasteiger partial charge on any atom is 0.253 e. The lowest BCUT2D eigenvalue weighted by molar-refractivity contribution is 0.0911. The SMILES string of the molecule is CCC(NC(=O)c1cc(N)ccc1Cl)C1CCCCC1. The number of carbonyl (C=O) groups excluding carboxylic acids is 1. The summed E-state index contributed by atoms with van der Waals surface area (Å²) in [5.74, 6) is 0.484. The van der Waals surface area contributed by atoms with Crippen LogP contribution in [0.25, 0.3) is 0 Å². The van der Waals surface area contributed by atoms with Gasteiger partial charge in [-0.15, -0.1) is 0 Å². The van der Waals surface area contributed by atoms with Crippen molar-refractivity contribution in [2.24, 2.45) is 5.92 Å². The van der Waals surface area contributed by atoms with Gasteiger partial charge in [0.1, 0.15) is 0 Å². The molecule has 3 nitrogen and oxygen atoms in total. The summed E-state index contributed by atoms with van der Waals surface area (Å²) >= 11 is 6.09. The Labute approximate surface area is 125 Å². The van der Waals surface area contributed by atoms with Gasteiger partial charge in [0.05, 0.1) is 10.6 Å². The average molecular weight is 295 g/mol. The summed E-state index contributed by atoms with van der Waals surface area (Å²) < 4.78 is 0. The maximum atomic E-state index is 12.4. The number of rotatable bonds is 4. The molecule has 1 aromatic rings. The zero-order valence-electron chi connectivity index (χ0n) is 12.0. The van der Waals surface area contributed by atoms with Crippen LogP contribution in [0, 0.1) is 5.92 Å². The van der Waals surface area contributed by atoms with Crippen LogP contribution in [0.5, 0.6) is 0 Å². The molecule has 1 saturated carbocycles. The van der Waals surface area contributed by atoms with E-state index in [1.807, 2.05) is 0 Å². The molecular weight excluding hydrogens is 272 g/mol. The Hall–Kier alpha value is -1.22. The van der Waals surface area contributed by atoms with Crippen molar-refractivity contribution in [3.8, 4) is 0 Å². The summed E-state index contributed by atoms with van der Waals surface area (Å²) in [6.07, 6.45) is 7.25. The molecule has 1 unspecified atom stereocenters. The third-order valence-corrected chi connectivity index (χ3v) is 4.54. The number of nitrogen functional groups attached to an aromatic ring is 1. The molecule has 2 rings (SSSR count). The van der Waals surface area contributed by atoms with Crippen LogP contribution in [-0.4, -0.2) is 11.9 Å². The van der Waals surface area contributed by atoms with Gasteiger partial charge < -0.3 is 11.1 Å². The summed E-state index contributed by atoms with van der Waals surface area (Å²) in [6.45, 7) is 2.13. The minimum atomic E-state index is -0.111. The van der Waals surface area contributed by atoms with Gasteiger partial charge >= 0.3 is 0 Å². The predicted molar refractivity (Wildman–Crippen MR) is 84.0 cm³/mol. The lowest BCUT2D eigenvalue weighted by Gasteiger charge is -2.30. The van der Waals surface area contributed by atoms with Crippen LogP contribution in [0.4, 0.5) is 5.69 Å². The van der Waals surface area contributed by atoms with E-state index < -0.39 is 0 Å². The number of hydrogen-bond acceptors (Lipinski definition) is 2. The highest BCUT2D eigenvalue weighted by molar-refractivity contribution is 6.34. The van der Waals surface area contributed by atoms with E-state index in [9.17, 15) is 4.79 Å². The molecule has 0 spiro atoms. The number of anilines is 1. The molecule has 20 heavy (non-hydrogen) atoms. The van der Waals surface area contributed by atoms with E-state index in [2.05, 4.69) is 12.2 Å². The maximum absolute atomic E-state index is 12.4. The molecule has 3 N–H and O–H groups in total. The van der Waals surface area contributed by atoms with E-state index >= 15 is 0 Å². The van der Waals surface area contributed by atoms with Crippen molar-refractivity contribution in [3.63, 3.8) is 0 Å². The van der Waals surface area contributed by atoms with Crippen molar-refractivity contribution in [3.05, 3.63) is 28.8 Å². The summed E-state index contributed by atoms with van der Waals surface area (Å²) in [6, 6.07) is 5.26. The molecule has 0 heterocycles. The van der Waals surface area contributed by atoms with Gasteiger partial charge in [-0.05, 0) is 43.4 Å². The fourth-order valence-corrected chi connectivity index (χ4v) is 3.26. The highest BCUT2D eigenvalue weighted by Crippen LogP contribution is 2.28. The molecule has 110 valence electrons. The Morgan fingerprint density at radius 3 is 2.75 bits per heavy atom. The van der Waals surface area contributed by atoms with E-state index in [-0.39, 0.29) is 11.9 Å². The molecule has 0 radical (unpaired) electrons. The number of carbonyl (C=O) groups is 1. The molecule has 1 fully saturated rings. The largest absolute Gasteiger partial charge is 0.399 e. The number of nitrogens with one attached hydrogen (secondary N) is 1. The highest BCUT2D eigenvalue weighted by atomic mass is 35.5. The van der Waals surface area contributed by atoms with Crippen molar-refractivity contribution in [1.29, 1.82) is 0 Å². The first-order valence-electron chi connectivity index (χ1n) is 7.47. The van der Waals surface area contributed by atoms with Crippen molar-refractivity contribution in [2.45, 2.75) is 51.5 Å². The first kappa shape index (κ1) is 15.2. The fourth-order valence-electron chi connectivity index (χ4n) is 3.05. The van der Waals surface area contributed by atoms with Crippen LogP contribution in [0.1, 0.15) is 55.8 Å². The van der Waals surface area contributed by atoms with Gasteiger partial charge in [0, 0.05) is 11.7 Å². The van der Waals surface area contributed by atoms with Gasteiger partial charge in [-0.25, -0.2) is 0 Å². The van der Waals surface area contributed by atoms with E-state index in [0.717, 1.165) is 6.42 Å². The average Bonchev–Trinajstić information content (AvgIpc) is 2.48. The van der Waals surface area contributed by atoms with E-state index in [1.54, 1.807) is 18.2 Å². The van der Waals surface area contributed by atoms with Gasteiger partial charge in [-0.2, -0.15) is 0 Å².